The molecule has 116 valence electrons. The Morgan fingerprint density at radius 1 is 0.857 bits per heavy atom. The molecule has 1 aromatic carbocycles. The Hall–Kier alpha value is -0.820. The van der Waals surface area contributed by atoms with Gasteiger partial charge in [0.05, 0.1) is 0 Å². The summed E-state index contributed by atoms with van der Waals surface area (Å²) < 4.78 is 0. The lowest BCUT2D eigenvalue weighted by Gasteiger charge is -2.25. The van der Waals surface area contributed by atoms with Crippen molar-refractivity contribution in [2.75, 3.05) is 6.54 Å². The van der Waals surface area contributed by atoms with Gasteiger partial charge in [0.15, 0.2) is 0 Å². The van der Waals surface area contributed by atoms with Crippen LogP contribution < -0.4 is 5.32 Å². The van der Waals surface area contributed by atoms with Gasteiger partial charge in [-0.2, -0.15) is 0 Å². The van der Waals surface area contributed by atoms with Gasteiger partial charge in [0.25, 0.3) is 0 Å². The summed E-state index contributed by atoms with van der Waals surface area (Å²) in [6.45, 7) is 1.29. The van der Waals surface area contributed by atoms with E-state index in [1.807, 2.05) is 0 Å². The highest BCUT2D eigenvalue weighted by molar-refractivity contribution is 5.14. The van der Waals surface area contributed by atoms with Gasteiger partial charge in [-0.1, -0.05) is 56.0 Å². The zero-order valence-electron chi connectivity index (χ0n) is 13.4. The van der Waals surface area contributed by atoms with E-state index in [1.165, 1.54) is 76.3 Å². The van der Waals surface area contributed by atoms with Crippen molar-refractivity contribution < 1.29 is 0 Å². The summed E-state index contributed by atoms with van der Waals surface area (Å²) >= 11 is 0. The maximum Gasteiger partial charge on any atom is 0.00683 e. The van der Waals surface area contributed by atoms with Gasteiger partial charge in [-0.25, -0.2) is 0 Å². The molecule has 21 heavy (non-hydrogen) atoms. The fourth-order valence-electron chi connectivity index (χ4n) is 3.93. The van der Waals surface area contributed by atoms with E-state index in [2.05, 4.69) is 35.6 Å². The molecule has 0 saturated heterocycles. The van der Waals surface area contributed by atoms with Gasteiger partial charge in [-0.05, 0) is 62.5 Å². The molecule has 1 nitrogen and oxygen atoms in total. The van der Waals surface area contributed by atoms with Crippen molar-refractivity contribution in [2.24, 2.45) is 11.8 Å². The number of benzene rings is 1. The van der Waals surface area contributed by atoms with E-state index >= 15 is 0 Å². The minimum atomic E-state index is 0.873. The third-order valence-corrected chi connectivity index (χ3v) is 5.45. The van der Waals surface area contributed by atoms with Crippen LogP contribution in [0.15, 0.2) is 30.3 Å². The number of nitrogens with one attached hydrogen (secondary N) is 1. The molecule has 1 aromatic rings. The standard InChI is InChI=1S/C20H31N/c1-3-8-17(9-4-1)10-7-13-18-11-5-2-6-12-19(18)16-21-20-14-15-20/h1,3-4,8-9,18-21H,2,5-7,10-16H2. The molecular weight excluding hydrogens is 254 g/mol. The van der Waals surface area contributed by atoms with E-state index in [0.29, 0.717) is 0 Å². The highest BCUT2D eigenvalue weighted by Crippen LogP contribution is 2.33. The Morgan fingerprint density at radius 2 is 1.62 bits per heavy atom. The molecule has 2 aliphatic rings. The van der Waals surface area contributed by atoms with Crippen LogP contribution in [0.5, 0.6) is 0 Å². The molecule has 0 aromatic heterocycles. The molecule has 2 fully saturated rings. The summed E-state index contributed by atoms with van der Waals surface area (Å²) in [4.78, 5) is 0. The zero-order valence-corrected chi connectivity index (χ0v) is 13.4. The molecule has 0 radical (unpaired) electrons. The van der Waals surface area contributed by atoms with Crippen LogP contribution in [0.1, 0.15) is 63.4 Å². The van der Waals surface area contributed by atoms with Crippen molar-refractivity contribution in [2.45, 2.75) is 70.3 Å². The molecule has 3 rings (SSSR count). The summed E-state index contributed by atoms with van der Waals surface area (Å²) in [5, 5.41) is 3.79. The molecular formula is C20H31N. The topological polar surface area (TPSA) is 12.0 Å². The van der Waals surface area contributed by atoms with E-state index in [0.717, 1.165) is 17.9 Å². The Morgan fingerprint density at radius 3 is 2.38 bits per heavy atom. The largest absolute Gasteiger partial charge is 0.314 e. The fourth-order valence-corrected chi connectivity index (χ4v) is 3.93. The average molecular weight is 285 g/mol. The van der Waals surface area contributed by atoms with Crippen LogP contribution in [0.4, 0.5) is 0 Å². The first-order valence-electron chi connectivity index (χ1n) is 9.19. The molecule has 0 bridgehead atoms. The predicted molar refractivity (Wildman–Crippen MR) is 90.5 cm³/mol. The molecule has 2 atom stereocenters. The van der Waals surface area contributed by atoms with Crippen LogP contribution in [0.3, 0.4) is 0 Å². The minimum absolute atomic E-state index is 0.873. The van der Waals surface area contributed by atoms with E-state index < -0.39 is 0 Å². The van der Waals surface area contributed by atoms with Gasteiger partial charge in [0, 0.05) is 6.04 Å². The van der Waals surface area contributed by atoms with Gasteiger partial charge in [0.2, 0.25) is 0 Å². The Balaban J connectivity index is 1.45. The molecule has 2 saturated carbocycles. The summed E-state index contributed by atoms with van der Waals surface area (Å²) in [6.07, 6.45) is 14.3. The second kappa shape index (κ2) is 7.98. The van der Waals surface area contributed by atoms with Crippen molar-refractivity contribution in [3.05, 3.63) is 35.9 Å². The van der Waals surface area contributed by atoms with Crippen molar-refractivity contribution >= 4 is 0 Å². The molecule has 0 amide bonds. The first-order valence-corrected chi connectivity index (χ1v) is 9.19. The normalized spacial score (nSPS) is 26.5. The highest BCUT2D eigenvalue weighted by atomic mass is 14.9. The average Bonchev–Trinajstić information content (AvgIpc) is 3.34. The van der Waals surface area contributed by atoms with Gasteiger partial charge >= 0.3 is 0 Å². The fraction of sp³-hybridized carbons (Fsp3) is 0.700. The highest BCUT2D eigenvalue weighted by Gasteiger charge is 2.26. The first kappa shape index (κ1) is 15.1. The smallest absolute Gasteiger partial charge is 0.00683 e. The third kappa shape index (κ3) is 5.14. The van der Waals surface area contributed by atoms with Crippen LogP contribution in [-0.4, -0.2) is 12.6 Å². The maximum atomic E-state index is 3.79. The lowest BCUT2D eigenvalue weighted by molar-refractivity contribution is 0.278. The van der Waals surface area contributed by atoms with Gasteiger partial charge in [-0.15, -0.1) is 0 Å². The van der Waals surface area contributed by atoms with Gasteiger partial charge < -0.3 is 5.32 Å². The van der Waals surface area contributed by atoms with Crippen LogP contribution >= 0.6 is 0 Å². The summed E-state index contributed by atoms with van der Waals surface area (Å²) in [7, 11) is 0. The van der Waals surface area contributed by atoms with Crippen LogP contribution in [0, 0.1) is 11.8 Å². The van der Waals surface area contributed by atoms with Crippen molar-refractivity contribution in [1.29, 1.82) is 0 Å². The van der Waals surface area contributed by atoms with Gasteiger partial charge in [-0.3, -0.25) is 0 Å². The Bertz CT molecular complexity index is 396. The van der Waals surface area contributed by atoms with Crippen LogP contribution in [-0.2, 0) is 6.42 Å². The molecule has 1 heteroatoms. The monoisotopic (exact) mass is 285 g/mol. The Labute approximate surface area is 130 Å². The molecule has 2 unspecified atom stereocenters. The van der Waals surface area contributed by atoms with Gasteiger partial charge in [0.1, 0.15) is 0 Å². The molecule has 0 heterocycles. The molecule has 0 spiro atoms. The van der Waals surface area contributed by atoms with Crippen LogP contribution in [0.25, 0.3) is 0 Å². The summed E-state index contributed by atoms with van der Waals surface area (Å²) in [5.41, 5.74) is 1.51. The number of hydrogen-bond donors (Lipinski definition) is 1. The maximum absolute atomic E-state index is 3.79. The first-order chi connectivity index (χ1) is 10.4. The molecule has 0 aliphatic heterocycles. The van der Waals surface area contributed by atoms with E-state index in [-0.39, 0.29) is 0 Å². The quantitative estimate of drug-likeness (QED) is 0.698. The lowest BCUT2D eigenvalue weighted by atomic mass is 9.83. The Kier molecular flexibility index (Phi) is 5.74. The summed E-state index contributed by atoms with van der Waals surface area (Å²) in [6, 6.07) is 11.9. The number of rotatable bonds is 7. The van der Waals surface area contributed by atoms with Crippen LogP contribution in [0.2, 0.25) is 0 Å². The van der Waals surface area contributed by atoms with E-state index in [9.17, 15) is 0 Å². The van der Waals surface area contributed by atoms with Crippen molar-refractivity contribution in [1.82, 2.24) is 5.32 Å². The SMILES string of the molecule is c1ccc(CCCC2CCCCCC2CNC2CC2)cc1. The second-order valence-electron chi connectivity index (χ2n) is 7.22. The summed E-state index contributed by atoms with van der Waals surface area (Å²) in [5.74, 6) is 1.92. The van der Waals surface area contributed by atoms with E-state index in [4.69, 9.17) is 0 Å². The molecule has 2 aliphatic carbocycles. The zero-order chi connectivity index (χ0) is 14.3. The number of hydrogen-bond acceptors (Lipinski definition) is 1. The second-order valence-corrected chi connectivity index (χ2v) is 7.22. The molecule has 1 N–H and O–H groups in total. The predicted octanol–water partition coefficient (Wildman–Crippen LogP) is 4.96. The minimum Gasteiger partial charge on any atom is -0.314 e. The lowest BCUT2D eigenvalue weighted by Crippen LogP contribution is -2.29. The van der Waals surface area contributed by atoms with E-state index in [1.54, 1.807) is 0 Å². The van der Waals surface area contributed by atoms with Crippen molar-refractivity contribution in [3.63, 3.8) is 0 Å². The number of aryl methyl sites for hydroxylation is 1. The van der Waals surface area contributed by atoms with Crippen molar-refractivity contribution in [3.8, 4) is 0 Å². The third-order valence-electron chi connectivity index (χ3n) is 5.45.